The monoisotopic (exact) mass is 386 g/mol. The topological polar surface area (TPSA) is 61.1 Å². The third-order valence-electron chi connectivity index (χ3n) is 3.38. The SMILES string of the molecule is Cc1ccc(-c2csc(/C(C#N)=N/Nc3ccc(Cl)cc3Cl)n2)cc1. The standard InChI is InChI=1S/C18H12Cl2N4S/c1-11-2-4-12(5-3-11)17-10-25-18(22-17)16(9-21)24-23-15-7-6-13(19)8-14(15)20/h2-8,10,23H,1H3/b24-16+. The highest BCUT2D eigenvalue weighted by Gasteiger charge is 2.11. The molecule has 0 atom stereocenters. The summed E-state index contributed by atoms with van der Waals surface area (Å²) in [5, 5.41) is 16.9. The summed E-state index contributed by atoms with van der Waals surface area (Å²) >= 11 is 13.3. The van der Waals surface area contributed by atoms with Crippen LogP contribution in [0.3, 0.4) is 0 Å². The smallest absolute Gasteiger partial charge is 0.196 e. The molecule has 25 heavy (non-hydrogen) atoms. The molecule has 1 N–H and O–H groups in total. The van der Waals surface area contributed by atoms with Gasteiger partial charge in [-0.3, -0.25) is 5.43 Å². The summed E-state index contributed by atoms with van der Waals surface area (Å²) in [6.07, 6.45) is 0. The van der Waals surface area contributed by atoms with E-state index in [1.54, 1.807) is 18.2 Å². The van der Waals surface area contributed by atoms with Crippen molar-refractivity contribution in [2.24, 2.45) is 5.10 Å². The van der Waals surface area contributed by atoms with Crippen LogP contribution >= 0.6 is 34.5 Å². The maximum absolute atomic E-state index is 9.38. The first kappa shape index (κ1) is 17.4. The van der Waals surface area contributed by atoms with E-state index in [-0.39, 0.29) is 5.71 Å². The molecule has 3 aromatic rings. The number of nitrogens with zero attached hydrogens (tertiary/aromatic N) is 3. The minimum Gasteiger partial charge on any atom is -0.276 e. The summed E-state index contributed by atoms with van der Waals surface area (Å²) in [5.74, 6) is 0. The Hall–Kier alpha value is -2.39. The van der Waals surface area contributed by atoms with Crippen LogP contribution in [0, 0.1) is 18.3 Å². The van der Waals surface area contributed by atoms with Crippen molar-refractivity contribution in [2.45, 2.75) is 6.92 Å². The highest BCUT2D eigenvalue weighted by atomic mass is 35.5. The van der Waals surface area contributed by atoms with Crippen molar-refractivity contribution < 1.29 is 0 Å². The van der Waals surface area contributed by atoms with Crippen LogP contribution in [0.2, 0.25) is 10.0 Å². The van der Waals surface area contributed by atoms with Gasteiger partial charge in [0, 0.05) is 16.0 Å². The van der Waals surface area contributed by atoms with Crippen LogP contribution in [-0.2, 0) is 0 Å². The molecule has 1 aromatic heterocycles. The second-order valence-electron chi connectivity index (χ2n) is 5.21. The fourth-order valence-electron chi connectivity index (χ4n) is 2.06. The first-order chi connectivity index (χ1) is 12.1. The molecule has 0 unspecified atom stereocenters. The number of aromatic nitrogens is 1. The highest BCUT2D eigenvalue weighted by molar-refractivity contribution is 7.12. The zero-order chi connectivity index (χ0) is 17.8. The van der Waals surface area contributed by atoms with Crippen molar-refractivity contribution >= 4 is 45.9 Å². The number of halogens is 2. The molecule has 2 aromatic carbocycles. The second kappa shape index (κ2) is 7.66. The Kier molecular flexibility index (Phi) is 5.34. The molecule has 3 rings (SSSR count). The van der Waals surface area contributed by atoms with Gasteiger partial charge in [0.05, 0.1) is 16.4 Å². The van der Waals surface area contributed by atoms with E-state index in [4.69, 9.17) is 23.2 Å². The van der Waals surface area contributed by atoms with E-state index in [2.05, 4.69) is 21.6 Å². The zero-order valence-corrected chi connectivity index (χ0v) is 15.5. The van der Waals surface area contributed by atoms with Gasteiger partial charge in [-0.2, -0.15) is 10.4 Å². The Morgan fingerprint density at radius 1 is 1.20 bits per heavy atom. The quantitative estimate of drug-likeness (QED) is 0.457. The molecule has 0 amide bonds. The molecule has 0 bridgehead atoms. The van der Waals surface area contributed by atoms with E-state index in [9.17, 15) is 5.26 Å². The van der Waals surface area contributed by atoms with Crippen LogP contribution in [0.25, 0.3) is 11.3 Å². The predicted molar refractivity (Wildman–Crippen MR) is 105 cm³/mol. The normalized spacial score (nSPS) is 11.2. The van der Waals surface area contributed by atoms with Crippen LogP contribution in [0.5, 0.6) is 0 Å². The van der Waals surface area contributed by atoms with E-state index in [1.807, 2.05) is 36.6 Å². The van der Waals surface area contributed by atoms with Gasteiger partial charge in [-0.05, 0) is 25.1 Å². The van der Waals surface area contributed by atoms with Gasteiger partial charge in [-0.25, -0.2) is 4.98 Å². The predicted octanol–water partition coefficient (Wildman–Crippen LogP) is 5.77. The van der Waals surface area contributed by atoms with Gasteiger partial charge in [0.1, 0.15) is 6.07 Å². The zero-order valence-electron chi connectivity index (χ0n) is 13.1. The van der Waals surface area contributed by atoms with Crippen LogP contribution in [0.15, 0.2) is 52.9 Å². The number of aryl methyl sites for hydroxylation is 1. The van der Waals surface area contributed by atoms with Crippen LogP contribution in [0.4, 0.5) is 5.69 Å². The molecule has 4 nitrogen and oxygen atoms in total. The Morgan fingerprint density at radius 3 is 2.64 bits per heavy atom. The average molecular weight is 387 g/mol. The lowest BCUT2D eigenvalue weighted by atomic mass is 10.1. The number of nitriles is 1. The first-order valence-electron chi connectivity index (χ1n) is 7.28. The summed E-state index contributed by atoms with van der Waals surface area (Å²) in [6, 6.07) is 15.1. The Balaban J connectivity index is 1.84. The number of hydrogen-bond acceptors (Lipinski definition) is 5. The third kappa shape index (κ3) is 4.18. The summed E-state index contributed by atoms with van der Waals surface area (Å²) in [4.78, 5) is 4.50. The number of hydrazone groups is 1. The lowest BCUT2D eigenvalue weighted by Crippen LogP contribution is -2.01. The summed E-state index contributed by atoms with van der Waals surface area (Å²) in [6.45, 7) is 2.03. The van der Waals surface area contributed by atoms with E-state index in [0.717, 1.165) is 11.3 Å². The molecule has 0 radical (unpaired) electrons. The molecule has 0 spiro atoms. The number of rotatable bonds is 4. The van der Waals surface area contributed by atoms with E-state index in [1.165, 1.54) is 16.9 Å². The van der Waals surface area contributed by atoms with Gasteiger partial charge >= 0.3 is 0 Å². The number of thiazole rings is 1. The minimum absolute atomic E-state index is 0.189. The Labute approximate surface area is 159 Å². The molecule has 0 aliphatic rings. The highest BCUT2D eigenvalue weighted by Crippen LogP contribution is 2.26. The van der Waals surface area contributed by atoms with Crippen LogP contribution in [-0.4, -0.2) is 10.7 Å². The molecule has 0 fully saturated rings. The molecule has 124 valence electrons. The summed E-state index contributed by atoms with van der Waals surface area (Å²) < 4.78 is 0. The van der Waals surface area contributed by atoms with E-state index in [0.29, 0.717) is 20.7 Å². The lowest BCUT2D eigenvalue weighted by molar-refractivity contribution is 1.31. The number of hydrogen-bond donors (Lipinski definition) is 1. The molecule has 0 aliphatic heterocycles. The third-order valence-corrected chi connectivity index (χ3v) is 4.78. The van der Waals surface area contributed by atoms with Crippen molar-refractivity contribution in [2.75, 3.05) is 5.43 Å². The van der Waals surface area contributed by atoms with Crippen molar-refractivity contribution in [1.29, 1.82) is 5.26 Å². The van der Waals surface area contributed by atoms with E-state index >= 15 is 0 Å². The van der Waals surface area contributed by atoms with Crippen LogP contribution in [0.1, 0.15) is 10.6 Å². The molecule has 0 saturated carbocycles. The van der Waals surface area contributed by atoms with Crippen molar-refractivity contribution in [3.63, 3.8) is 0 Å². The first-order valence-corrected chi connectivity index (χ1v) is 8.92. The fraction of sp³-hybridized carbons (Fsp3) is 0.0556. The van der Waals surface area contributed by atoms with Crippen LogP contribution < -0.4 is 5.43 Å². The van der Waals surface area contributed by atoms with Gasteiger partial charge in [-0.15, -0.1) is 11.3 Å². The summed E-state index contributed by atoms with van der Waals surface area (Å²) in [7, 11) is 0. The van der Waals surface area contributed by atoms with Gasteiger partial charge < -0.3 is 0 Å². The van der Waals surface area contributed by atoms with Gasteiger partial charge in [0.2, 0.25) is 0 Å². The van der Waals surface area contributed by atoms with E-state index < -0.39 is 0 Å². The van der Waals surface area contributed by atoms with Crippen molar-refractivity contribution in [3.05, 3.63) is 68.5 Å². The Bertz CT molecular complexity index is 971. The van der Waals surface area contributed by atoms with Gasteiger partial charge in [-0.1, -0.05) is 53.0 Å². The number of benzene rings is 2. The molecule has 0 aliphatic carbocycles. The molecule has 0 saturated heterocycles. The largest absolute Gasteiger partial charge is 0.276 e. The molecular formula is C18H12Cl2N4S. The molecule has 7 heteroatoms. The van der Waals surface area contributed by atoms with Gasteiger partial charge in [0.15, 0.2) is 10.7 Å². The fourth-order valence-corrected chi connectivity index (χ4v) is 3.27. The number of anilines is 1. The van der Waals surface area contributed by atoms with Gasteiger partial charge in [0.25, 0.3) is 0 Å². The average Bonchev–Trinajstić information content (AvgIpc) is 3.07. The van der Waals surface area contributed by atoms with Crippen molar-refractivity contribution in [1.82, 2.24) is 4.98 Å². The molecular weight excluding hydrogens is 375 g/mol. The maximum Gasteiger partial charge on any atom is 0.196 e. The second-order valence-corrected chi connectivity index (χ2v) is 6.91. The maximum atomic E-state index is 9.38. The lowest BCUT2D eigenvalue weighted by Gasteiger charge is -2.03. The minimum atomic E-state index is 0.189. The Morgan fingerprint density at radius 2 is 1.96 bits per heavy atom. The molecule has 1 heterocycles. The number of nitrogens with one attached hydrogen (secondary N) is 1. The van der Waals surface area contributed by atoms with Crippen molar-refractivity contribution in [3.8, 4) is 17.3 Å². The summed E-state index contributed by atoms with van der Waals surface area (Å²) in [5.41, 5.74) is 6.54.